The van der Waals surface area contributed by atoms with Crippen LogP contribution in [0.15, 0.2) is 54.7 Å². The monoisotopic (exact) mass is 386 g/mol. The molecule has 2 aromatic heterocycles. The second kappa shape index (κ2) is 7.39. The fraction of sp³-hybridized carbons (Fsp3) is 0.174. The lowest BCUT2D eigenvalue weighted by molar-refractivity contribution is 0.102. The Hall–Kier alpha value is -3.67. The van der Waals surface area contributed by atoms with Crippen molar-refractivity contribution in [3.63, 3.8) is 0 Å². The number of fused-ring (bicyclic) bond motifs is 1. The normalized spacial score (nSPS) is 10.9. The van der Waals surface area contributed by atoms with Crippen LogP contribution in [-0.4, -0.2) is 27.6 Å². The highest BCUT2D eigenvalue weighted by molar-refractivity contribution is 6.05. The van der Waals surface area contributed by atoms with Crippen molar-refractivity contribution in [3.05, 3.63) is 77.2 Å². The highest BCUT2D eigenvalue weighted by atomic mass is 16.5. The van der Waals surface area contributed by atoms with E-state index in [1.165, 1.54) is 5.56 Å². The molecule has 0 aliphatic heterocycles. The number of rotatable bonds is 4. The number of aryl methyl sites for hydroxylation is 3. The van der Waals surface area contributed by atoms with Gasteiger partial charge in [-0.1, -0.05) is 35.9 Å². The van der Waals surface area contributed by atoms with E-state index in [4.69, 9.17) is 4.74 Å². The van der Waals surface area contributed by atoms with E-state index >= 15 is 0 Å². The van der Waals surface area contributed by atoms with Crippen LogP contribution in [0.2, 0.25) is 0 Å². The summed E-state index contributed by atoms with van der Waals surface area (Å²) in [4.78, 5) is 17.4. The molecular formula is C23H22N4O2. The Morgan fingerprint density at radius 1 is 1.07 bits per heavy atom. The SMILES string of the molecule is COc1cccc(NC(=O)c2cnc3c(-c4cccc(C)c4)c(C)nn3c2C)c1. The minimum atomic E-state index is -0.240. The van der Waals surface area contributed by atoms with E-state index in [1.54, 1.807) is 23.9 Å². The fourth-order valence-corrected chi connectivity index (χ4v) is 3.46. The predicted molar refractivity (Wildman–Crippen MR) is 114 cm³/mol. The van der Waals surface area contributed by atoms with Crippen molar-refractivity contribution in [2.45, 2.75) is 20.8 Å². The second-order valence-electron chi connectivity index (χ2n) is 7.01. The number of nitrogens with one attached hydrogen (secondary N) is 1. The highest BCUT2D eigenvalue weighted by Gasteiger charge is 2.19. The molecule has 4 rings (SSSR count). The summed E-state index contributed by atoms with van der Waals surface area (Å²) in [6, 6.07) is 15.5. The number of benzene rings is 2. The van der Waals surface area contributed by atoms with Crippen LogP contribution < -0.4 is 10.1 Å². The maximum atomic E-state index is 12.9. The summed E-state index contributed by atoms with van der Waals surface area (Å²) in [6.07, 6.45) is 1.61. The van der Waals surface area contributed by atoms with Crippen LogP contribution in [0.1, 0.15) is 27.3 Å². The summed E-state index contributed by atoms with van der Waals surface area (Å²) in [5.74, 6) is 0.439. The molecule has 0 spiro atoms. The number of ether oxygens (including phenoxy) is 1. The molecule has 2 aromatic carbocycles. The van der Waals surface area contributed by atoms with Gasteiger partial charge in [0.05, 0.1) is 24.1 Å². The van der Waals surface area contributed by atoms with E-state index in [0.717, 1.165) is 28.2 Å². The molecule has 0 atom stereocenters. The molecule has 0 radical (unpaired) electrons. The van der Waals surface area contributed by atoms with E-state index < -0.39 is 0 Å². The van der Waals surface area contributed by atoms with Gasteiger partial charge in [0.15, 0.2) is 5.65 Å². The van der Waals surface area contributed by atoms with Crippen molar-refractivity contribution in [2.75, 3.05) is 12.4 Å². The van der Waals surface area contributed by atoms with Gasteiger partial charge in [-0.2, -0.15) is 5.10 Å². The standard InChI is InChI=1S/C23H22N4O2/c1-14-7-5-8-17(11-14)21-15(2)26-27-16(3)20(13-24-22(21)27)23(28)25-18-9-6-10-19(12-18)29-4/h5-13H,1-4H3,(H,25,28). The summed E-state index contributed by atoms with van der Waals surface area (Å²) >= 11 is 0. The van der Waals surface area contributed by atoms with Gasteiger partial charge in [-0.3, -0.25) is 4.79 Å². The minimum absolute atomic E-state index is 0.240. The fourth-order valence-electron chi connectivity index (χ4n) is 3.46. The van der Waals surface area contributed by atoms with Gasteiger partial charge in [-0.05, 0) is 38.5 Å². The Bertz CT molecular complexity index is 1230. The van der Waals surface area contributed by atoms with E-state index in [0.29, 0.717) is 17.0 Å². The Morgan fingerprint density at radius 2 is 1.86 bits per heavy atom. The molecule has 6 heteroatoms. The molecule has 1 N–H and O–H groups in total. The molecule has 1 amide bonds. The van der Waals surface area contributed by atoms with Gasteiger partial charge < -0.3 is 10.1 Å². The van der Waals surface area contributed by atoms with Crippen molar-refractivity contribution in [3.8, 4) is 16.9 Å². The summed E-state index contributed by atoms with van der Waals surface area (Å²) in [5.41, 5.74) is 6.70. The average Bonchev–Trinajstić information content (AvgIpc) is 3.05. The van der Waals surface area contributed by atoms with Gasteiger partial charge in [0.1, 0.15) is 5.75 Å². The zero-order valence-electron chi connectivity index (χ0n) is 16.9. The number of hydrogen-bond acceptors (Lipinski definition) is 4. The number of nitrogens with zero attached hydrogens (tertiary/aromatic N) is 3. The third-order valence-corrected chi connectivity index (χ3v) is 4.94. The summed E-state index contributed by atoms with van der Waals surface area (Å²) < 4.78 is 6.96. The Kier molecular flexibility index (Phi) is 4.76. The third kappa shape index (κ3) is 3.45. The molecule has 2 heterocycles. The Morgan fingerprint density at radius 3 is 2.62 bits per heavy atom. The van der Waals surface area contributed by atoms with Crippen molar-refractivity contribution < 1.29 is 9.53 Å². The van der Waals surface area contributed by atoms with E-state index in [-0.39, 0.29) is 5.91 Å². The highest BCUT2D eigenvalue weighted by Crippen LogP contribution is 2.29. The molecule has 29 heavy (non-hydrogen) atoms. The number of amides is 1. The molecule has 0 saturated heterocycles. The molecule has 146 valence electrons. The van der Waals surface area contributed by atoms with Crippen LogP contribution in [0.4, 0.5) is 5.69 Å². The molecule has 0 bridgehead atoms. The Labute approximate surface area is 169 Å². The van der Waals surface area contributed by atoms with Crippen LogP contribution >= 0.6 is 0 Å². The first-order chi connectivity index (χ1) is 14.0. The molecule has 0 fully saturated rings. The molecule has 0 aliphatic carbocycles. The first kappa shape index (κ1) is 18.7. The lowest BCUT2D eigenvalue weighted by Gasteiger charge is -2.10. The number of hydrogen-bond donors (Lipinski definition) is 1. The van der Waals surface area contributed by atoms with Gasteiger partial charge >= 0.3 is 0 Å². The topological polar surface area (TPSA) is 68.5 Å². The second-order valence-corrected chi connectivity index (χ2v) is 7.01. The number of carbonyl (C=O) groups is 1. The zero-order chi connectivity index (χ0) is 20.5. The number of aromatic nitrogens is 3. The van der Waals surface area contributed by atoms with E-state index in [1.807, 2.05) is 38.1 Å². The molecule has 6 nitrogen and oxygen atoms in total. The predicted octanol–water partition coefficient (Wildman–Crippen LogP) is 4.58. The largest absolute Gasteiger partial charge is 0.497 e. The van der Waals surface area contributed by atoms with Gasteiger partial charge in [-0.15, -0.1) is 0 Å². The van der Waals surface area contributed by atoms with Crippen molar-refractivity contribution in [1.29, 1.82) is 0 Å². The summed E-state index contributed by atoms with van der Waals surface area (Å²) in [7, 11) is 1.59. The van der Waals surface area contributed by atoms with Gasteiger partial charge in [0, 0.05) is 23.5 Å². The first-order valence-electron chi connectivity index (χ1n) is 9.35. The van der Waals surface area contributed by atoms with Gasteiger partial charge in [-0.25, -0.2) is 9.50 Å². The lowest BCUT2D eigenvalue weighted by Crippen LogP contribution is -2.16. The van der Waals surface area contributed by atoms with Crippen molar-refractivity contribution in [1.82, 2.24) is 14.6 Å². The maximum Gasteiger partial charge on any atom is 0.259 e. The van der Waals surface area contributed by atoms with Crippen LogP contribution in [0.25, 0.3) is 16.8 Å². The smallest absolute Gasteiger partial charge is 0.259 e. The van der Waals surface area contributed by atoms with E-state index in [2.05, 4.69) is 40.5 Å². The van der Waals surface area contributed by atoms with Gasteiger partial charge in [0.25, 0.3) is 5.91 Å². The average molecular weight is 386 g/mol. The van der Waals surface area contributed by atoms with Gasteiger partial charge in [0.2, 0.25) is 0 Å². The number of methoxy groups -OCH3 is 1. The first-order valence-corrected chi connectivity index (χ1v) is 9.35. The van der Waals surface area contributed by atoms with Crippen LogP contribution in [-0.2, 0) is 0 Å². The maximum absolute atomic E-state index is 12.9. The Balaban J connectivity index is 1.74. The third-order valence-electron chi connectivity index (χ3n) is 4.94. The zero-order valence-corrected chi connectivity index (χ0v) is 16.9. The summed E-state index contributed by atoms with van der Waals surface area (Å²) in [5, 5.41) is 7.55. The van der Waals surface area contributed by atoms with E-state index in [9.17, 15) is 4.79 Å². The molecule has 0 saturated carbocycles. The minimum Gasteiger partial charge on any atom is -0.497 e. The number of carbonyl (C=O) groups excluding carboxylic acids is 1. The lowest BCUT2D eigenvalue weighted by atomic mass is 10.0. The van der Waals surface area contributed by atoms with Crippen LogP contribution in [0.5, 0.6) is 5.75 Å². The van der Waals surface area contributed by atoms with Crippen LogP contribution in [0.3, 0.4) is 0 Å². The molecular weight excluding hydrogens is 364 g/mol. The molecule has 4 aromatic rings. The van der Waals surface area contributed by atoms with Crippen LogP contribution in [0, 0.1) is 20.8 Å². The summed E-state index contributed by atoms with van der Waals surface area (Å²) in [6.45, 7) is 5.90. The molecule has 0 unspecified atom stereocenters. The molecule has 0 aliphatic rings. The number of anilines is 1. The quantitative estimate of drug-likeness (QED) is 0.557. The van der Waals surface area contributed by atoms with Crippen molar-refractivity contribution >= 4 is 17.2 Å². The van der Waals surface area contributed by atoms with Crippen molar-refractivity contribution in [2.24, 2.45) is 0 Å².